The Morgan fingerprint density at radius 2 is 2.00 bits per heavy atom. The number of methoxy groups -OCH3 is 1. The molecule has 3 N–H and O–H groups in total. The van der Waals surface area contributed by atoms with Crippen molar-refractivity contribution >= 4 is 38.4 Å². The third kappa shape index (κ3) is 3.15. The molecule has 0 aliphatic heterocycles. The molecule has 0 saturated heterocycles. The number of carbonyl (C=O) groups is 1. The number of carboxylic acid groups (broad SMARTS) is 1. The monoisotopic (exact) mass is 448 g/mol. The van der Waals surface area contributed by atoms with Crippen molar-refractivity contribution in [1.82, 2.24) is 10.3 Å². The number of ether oxygens (including phenoxy) is 1. The smallest absolute Gasteiger partial charge is 0.404 e. The number of thiophene rings is 1. The molecule has 2 heterocycles. The summed E-state index contributed by atoms with van der Waals surface area (Å²) in [6, 6.07) is 12.3. The summed E-state index contributed by atoms with van der Waals surface area (Å²) in [4.78, 5) is 26.7. The van der Waals surface area contributed by atoms with E-state index in [4.69, 9.17) is 9.84 Å². The highest BCUT2D eigenvalue weighted by molar-refractivity contribution is 7.17. The summed E-state index contributed by atoms with van der Waals surface area (Å²) in [5, 5.41) is 15.5. The van der Waals surface area contributed by atoms with Crippen molar-refractivity contribution in [3.05, 3.63) is 63.3 Å². The van der Waals surface area contributed by atoms with E-state index >= 15 is 0 Å². The summed E-state index contributed by atoms with van der Waals surface area (Å²) in [6.07, 6.45) is 2.06. The molecule has 6 nitrogen and oxygen atoms in total. The Morgan fingerprint density at radius 1 is 1.25 bits per heavy atom. The van der Waals surface area contributed by atoms with E-state index in [1.807, 2.05) is 24.4 Å². The second-order valence-corrected chi connectivity index (χ2v) is 9.42. The molecule has 2 aromatic heterocycles. The highest BCUT2D eigenvalue weighted by Crippen LogP contribution is 2.45. The molecule has 0 unspecified atom stereocenters. The number of aromatic nitrogens is 1. The zero-order valence-electron chi connectivity index (χ0n) is 18.0. The van der Waals surface area contributed by atoms with Crippen LogP contribution in [0.25, 0.3) is 32.1 Å². The molecule has 0 bridgehead atoms. The number of H-pyrrole nitrogens is 1. The highest BCUT2D eigenvalue weighted by Gasteiger charge is 2.38. The van der Waals surface area contributed by atoms with E-state index in [0.717, 1.165) is 63.6 Å². The Kier molecular flexibility index (Phi) is 4.93. The molecule has 1 saturated carbocycles. The minimum Gasteiger partial charge on any atom is -0.496 e. The number of amides is 1. The largest absolute Gasteiger partial charge is 0.496 e. The predicted molar refractivity (Wildman–Crippen MR) is 128 cm³/mol. The average Bonchev–Trinajstić information content (AvgIpc) is 3.24. The standard InChI is InChI=1S/C25H24N2O4S/c1-14-12-18(31-2)19(20-17-8-11-32-22(17)23(28)27-21(14)20)15-4-6-16(7-5-15)25(9-3-10-25)13-26-24(29)30/h4-8,11-12,26H,3,9-10,13H2,1-2H3,(H,27,28)(H,29,30). The number of rotatable bonds is 5. The minimum absolute atomic E-state index is 0.0741. The lowest BCUT2D eigenvalue weighted by Gasteiger charge is -2.42. The van der Waals surface area contributed by atoms with Crippen molar-refractivity contribution in [2.75, 3.05) is 13.7 Å². The molecule has 1 aliphatic rings. The van der Waals surface area contributed by atoms with Gasteiger partial charge in [0.25, 0.3) is 5.56 Å². The van der Waals surface area contributed by atoms with Crippen LogP contribution < -0.4 is 15.6 Å². The molecule has 4 aromatic rings. The first kappa shape index (κ1) is 20.6. The van der Waals surface area contributed by atoms with Gasteiger partial charge in [0.05, 0.1) is 12.6 Å². The Labute approximate surface area is 188 Å². The molecule has 1 aliphatic carbocycles. The number of hydrogen-bond acceptors (Lipinski definition) is 4. The lowest BCUT2D eigenvalue weighted by molar-refractivity contribution is 0.179. The number of fused-ring (bicyclic) bond motifs is 3. The first-order chi connectivity index (χ1) is 15.4. The highest BCUT2D eigenvalue weighted by atomic mass is 32.1. The van der Waals surface area contributed by atoms with Crippen molar-refractivity contribution in [3.63, 3.8) is 0 Å². The fourth-order valence-corrected chi connectivity index (χ4v) is 5.72. The lowest BCUT2D eigenvalue weighted by Crippen LogP contribution is -2.45. The zero-order valence-corrected chi connectivity index (χ0v) is 18.8. The molecule has 0 radical (unpaired) electrons. The molecular weight excluding hydrogens is 424 g/mol. The first-order valence-electron chi connectivity index (χ1n) is 10.6. The molecular formula is C25H24N2O4S. The Bertz CT molecular complexity index is 1400. The summed E-state index contributed by atoms with van der Waals surface area (Å²) < 4.78 is 6.48. The van der Waals surface area contributed by atoms with Crippen LogP contribution >= 0.6 is 11.3 Å². The Morgan fingerprint density at radius 3 is 2.62 bits per heavy atom. The van der Waals surface area contributed by atoms with E-state index in [2.05, 4.69) is 34.6 Å². The van der Waals surface area contributed by atoms with E-state index in [-0.39, 0.29) is 11.0 Å². The van der Waals surface area contributed by atoms with Gasteiger partial charge in [0.2, 0.25) is 0 Å². The van der Waals surface area contributed by atoms with Crippen molar-refractivity contribution in [1.29, 1.82) is 0 Å². The molecule has 32 heavy (non-hydrogen) atoms. The number of benzene rings is 2. The van der Waals surface area contributed by atoms with Gasteiger partial charge in [0.1, 0.15) is 10.4 Å². The number of aromatic amines is 1. The van der Waals surface area contributed by atoms with Crippen LogP contribution in [0.3, 0.4) is 0 Å². The maximum atomic E-state index is 12.6. The van der Waals surface area contributed by atoms with E-state index in [0.29, 0.717) is 11.2 Å². The van der Waals surface area contributed by atoms with Crippen molar-refractivity contribution < 1.29 is 14.6 Å². The quantitative estimate of drug-likeness (QED) is 0.380. The Hall–Kier alpha value is -3.32. The Balaban J connectivity index is 1.68. The third-order valence-corrected chi connectivity index (χ3v) is 7.68. The zero-order chi connectivity index (χ0) is 22.5. The number of pyridine rings is 1. The third-order valence-electron chi connectivity index (χ3n) is 6.76. The summed E-state index contributed by atoms with van der Waals surface area (Å²) in [5.74, 6) is 0.758. The second-order valence-electron chi connectivity index (χ2n) is 8.51. The second kappa shape index (κ2) is 7.67. The first-order valence-corrected chi connectivity index (χ1v) is 11.5. The van der Waals surface area contributed by atoms with Crippen LogP contribution in [0.15, 0.2) is 46.6 Å². The summed E-state index contributed by atoms with van der Waals surface area (Å²) >= 11 is 1.44. The van der Waals surface area contributed by atoms with Crippen LogP contribution in [-0.2, 0) is 5.41 Å². The fourth-order valence-electron chi connectivity index (χ4n) is 4.92. The fraction of sp³-hybridized carbons (Fsp3) is 0.280. The molecule has 0 spiro atoms. The molecule has 5 rings (SSSR count). The maximum absolute atomic E-state index is 12.6. The van der Waals surface area contributed by atoms with Gasteiger partial charge in [-0.25, -0.2) is 4.79 Å². The van der Waals surface area contributed by atoms with Gasteiger partial charge in [-0.15, -0.1) is 11.3 Å². The van der Waals surface area contributed by atoms with Crippen LogP contribution in [0.4, 0.5) is 4.79 Å². The van der Waals surface area contributed by atoms with Gasteiger partial charge < -0.3 is 20.1 Å². The predicted octanol–water partition coefficient (Wildman–Crippen LogP) is 5.42. The van der Waals surface area contributed by atoms with Crippen molar-refractivity contribution in [2.24, 2.45) is 0 Å². The van der Waals surface area contributed by atoms with Gasteiger partial charge in [-0.05, 0) is 54.0 Å². The molecule has 7 heteroatoms. The molecule has 0 atom stereocenters. The van der Waals surface area contributed by atoms with Gasteiger partial charge in [0, 0.05) is 28.3 Å². The SMILES string of the molecule is COc1cc(C)c2[nH]c(=O)c3sccc3c2c1-c1ccc(C2(CNC(=O)O)CCC2)cc1. The van der Waals surface area contributed by atoms with E-state index < -0.39 is 6.09 Å². The van der Waals surface area contributed by atoms with Crippen LogP contribution in [0.1, 0.15) is 30.4 Å². The number of aryl methyl sites for hydroxylation is 1. The van der Waals surface area contributed by atoms with E-state index in [1.165, 1.54) is 11.3 Å². The molecule has 164 valence electrons. The normalized spacial score (nSPS) is 14.9. The molecule has 1 amide bonds. The number of nitrogens with one attached hydrogen (secondary N) is 2. The van der Waals surface area contributed by atoms with Crippen LogP contribution in [0.2, 0.25) is 0 Å². The summed E-state index contributed by atoms with van der Waals surface area (Å²) in [7, 11) is 1.66. The van der Waals surface area contributed by atoms with Crippen LogP contribution in [-0.4, -0.2) is 29.8 Å². The van der Waals surface area contributed by atoms with Gasteiger partial charge >= 0.3 is 6.09 Å². The maximum Gasteiger partial charge on any atom is 0.404 e. The van der Waals surface area contributed by atoms with E-state index in [1.54, 1.807) is 7.11 Å². The number of hydrogen-bond donors (Lipinski definition) is 3. The van der Waals surface area contributed by atoms with Gasteiger partial charge in [-0.3, -0.25) is 4.79 Å². The van der Waals surface area contributed by atoms with Crippen molar-refractivity contribution in [2.45, 2.75) is 31.6 Å². The van der Waals surface area contributed by atoms with Crippen LogP contribution in [0.5, 0.6) is 5.75 Å². The van der Waals surface area contributed by atoms with Crippen LogP contribution in [0, 0.1) is 6.92 Å². The van der Waals surface area contributed by atoms with Crippen molar-refractivity contribution in [3.8, 4) is 16.9 Å². The van der Waals surface area contributed by atoms with Gasteiger partial charge in [0.15, 0.2) is 0 Å². The van der Waals surface area contributed by atoms with Gasteiger partial charge in [-0.2, -0.15) is 0 Å². The average molecular weight is 449 g/mol. The topological polar surface area (TPSA) is 91.4 Å². The lowest BCUT2D eigenvalue weighted by atomic mass is 9.64. The van der Waals surface area contributed by atoms with Gasteiger partial charge in [-0.1, -0.05) is 30.7 Å². The molecule has 2 aromatic carbocycles. The summed E-state index contributed by atoms with van der Waals surface area (Å²) in [6.45, 7) is 2.40. The summed E-state index contributed by atoms with van der Waals surface area (Å²) in [5.41, 5.74) is 4.65. The van der Waals surface area contributed by atoms with E-state index in [9.17, 15) is 9.59 Å². The minimum atomic E-state index is -0.988. The molecule has 1 fully saturated rings.